The molecule has 18 heavy (non-hydrogen) atoms. The number of benzene rings is 1. The molecule has 1 aromatic carbocycles. The molecule has 4 heteroatoms. The molecule has 1 nitrogen and oxygen atoms in total. The molecule has 0 heterocycles. The molecular weight excluding hydrogens is 239 g/mol. The number of nitrogens with one attached hydrogen (secondary N) is 1. The van der Waals surface area contributed by atoms with E-state index in [0.29, 0.717) is 6.54 Å². The molecular formula is C14H20F3N. The van der Waals surface area contributed by atoms with Crippen LogP contribution in [-0.2, 0) is 6.42 Å². The molecule has 1 aromatic rings. The first-order valence-corrected chi connectivity index (χ1v) is 6.31. The molecule has 102 valence electrons. The minimum atomic E-state index is -4.07. The van der Waals surface area contributed by atoms with E-state index in [4.69, 9.17) is 0 Å². The number of hydrogen-bond acceptors (Lipinski definition) is 1. The SMILES string of the molecule is CC(CC(F)(F)F)NCCCCc1ccccc1. The van der Waals surface area contributed by atoms with E-state index in [1.165, 1.54) is 5.56 Å². The minimum Gasteiger partial charge on any atom is -0.314 e. The lowest BCUT2D eigenvalue weighted by atomic mass is 10.1. The molecule has 0 fully saturated rings. The molecule has 0 saturated heterocycles. The Balaban J connectivity index is 2.05. The summed E-state index contributed by atoms with van der Waals surface area (Å²) in [6.45, 7) is 2.22. The third-order valence-electron chi connectivity index (χ3n) is 2.77. The third-order valence-corrected chi connectivity index (χ3v) is 2.77. The molecule has 1 atom stereocenters. The number of halogens is 3. The first-order chi connectivity index (χ1) is 8.47. The number of unbranched alkanes of at least 4 members (excludes halogenated alkanes) is 1. The van der Waals surface area contributed by atoms with Crippen LogP contribution < -0.4 is 5.32 Å². The fourth-order valence-corrected chi connectivity index (χ4v) is 1.87. The average Bonchev–Trinajstić information content (AvgIpc) is 2.27. The van der Waals surface area contributed by atoms with Crippen molar-refractivity contribution in [3.8, 4) is 0 Å². The maximum atomic E-state index is 12.1. The molecule has 0 saturated carbocycles. The smallest absolute Gasteiger partial charge is 0.314 e. The second kappa shape index (κ2) is 7.41. The van der Waals surface area contributed by atoms with Crippen molar-refractivity contribution in [1.29, 1.82) is 0 Å². The van der Waals surface area contributed by atoms with Crippen LogP contribution >= 0.6 is 0 Å². The van der Waals surface area contributed by atoms with Crippen molar-refractivity contribution >= 4 is 0 Å². The van der Waals surface area contributed by atoms with Crippen LogP contribution in [0.3, 0.4) is 0 Å². The van der Waals surface area contributed by atoms with Gasteiger partial charge in [0.15, 0.2) is 0 Å². The van der Waals surface area contributed by atoms with E-state index >= 15 is 0 Å². The fraction of sp³-hybridized carbons (Fsp3) is 0.571. The van der Waals surface area contributed by atoms with Crippen LogP contribution in [-0.4, -0.2) is 18.8 Å². The predicted molar refractivity (Wildman–Crippen MR) is 67.5 cm³/mol. The number of alkyl halides is 3. The summed E-state index contributed by atoms with van der Waals surface area (Å²) in [5.41, 5.74) is 1.28. The normalized spacial score (nSPS) is 13.6. The van der Waals surface area contributed by atoms with Crippen LogP contribution in [0.1, 0.15) is 31.7 Å². The largest absolute Gasteiger partial charge is 0.390 e. The Kier molecular flexibility index (Phi) is 6.19. The summed E-state index contributed by atoms with van der Waals surface area (Å²) in [5.74, 6) is 0. The maximum absolute atomic E-state index is 12.1. The molecule has 1 rings (SSSR count). The van der Waals surface area contributed by atoms with Crippen molar-refractivity contribution in [2.75, 3.05) is 6.54 Å². The van der Waals surface area contributed by atoms with E-state index in [1.54, 1.807) is 6.92 Å². The summed E-state index contributed by atoms with van der Waals surface area (Å²) in [6.07, 6.45) is -1.95. The molecule has 0 aromatic heterocycles. The lowest BCUT2D eigenvalue weighted by Gasteiger charge is -2.15. The second-order valence-corrected chi connectivity index (χ2v) is 4.62. The van der Waals surface area contributed by atoms with Gasteiger partial charge in [-0.2, -0.15) is 13.2 Å². The molecule has 0 spiro atoms. The Morgan fingerprint density at radius 3 is 2.39 bits per heavy atom. The average molecular weight is 259 g/mol. The van der Waals surface area contributed by atoms with Gasteiger partial charge in [0.1, 0.15) is 0 Å². The van der Waals surface area contributed by atoms with E-state index in [9.17, 15) is 13.2 Å². The van der Waals surface area contributed by atoms with Gasteiger partial charge in [-0.3, -0.25) is 0 Å². The zero-order valence-corrected chi connectivity index (χ0v) is 10.6. The Hall–Kier alpha value is -1.03. The summed E-state index contributed by atoms with van der Waals surface area (Å²) in [5, 5.41) is 2.91. The Bertz CT molecular complexity index is 322. The summed E-state index contributed by atoms with van der Waals surface area (Å²) in [6, 6.07) is 9.61. The van der Waals surface area contributed by atoms with Gasteiger partial charge in [-0.05, 0) is 38.3 Å². The molecule has 0 aliphatic carbocycles. The second-order valence-electron chi connectivity index (χ2n) is 4.62. The van der Waals surface area contributed by atoms with Crippen LogP contribution in [0.15, 0.2) is 30.3 Å². The van der Waals surface area contributed by atoms with E-state index in [-0.39, 0.29) is 0 Å². The van der Waals surface area contributed by atoms with Crippen molar-refractivity contribution in [1.82, 2.24) is 5.32 Å². The first kappa shape index (κ1) is 15.0. The number of hydrogen-bond donors (Lipinski definition) is 1. The fourth-order valence-electron chi connectivity index (χ4n) is 1.87. The molecule has 0 bridgehead atoms. The number of rotatable bonds is 7. The third kappa shape index (κ3) is 7.33. The van der Waals surface area contributed by atoms with Gasteiger partial charge in [0.25, 0.3) is 0 Å². The predicted octanol–water partition coefficient (Wildman–Crippen LogP) is 3.94. The molecule has 0 aliphatic rings. The van der Waals surface area contributed by atoms with E-state index in [2.05, 4.69) is 17.4 Å². The molecule has 0 aliphatic heterocycles. The van der Waals surface area contributed by atoms with Gasteiger partial charge < -0.3 is 5.32 Å². The summed E-state index contributed by atoms with van der Waals surface area (Å²) in [7, 11) is 0. The molecule has 0 amide bonds. The molecule has 1 N–H and O–H groups in total. The highest BCUT2D eigenvalue weighted by atomic mass is 19.4. The Labute approximate surface area is 106 Å². The lowest BCUT2D eigenvalue weighted by Crippen LogP contribution is -2.31. The highest BCUT2D eigenvalue weighted by molar-refractivity contribution is 5.14. The van der Waals surface area contributed by atoms with E-state index in [0.717, 1.165) is 19.3 Å². The first-order valence-electron chi connectivity index (χ1n) is 6.31. The van der Waals surface area contributed by atoms with Gasteiger partial charge in [0.05, 0.1) is 6.42 Å². The molecule has 0 radical (unpaired) electrons. The monoisotopic (exact) mass is 259 g/mol. The summed E-state index contributed by atoms with van der Waals surface area (Å²) < 4.78 is 36.2. The van der Waals surface area contributed by atoms with Crippen LogP contribution in [0.2, 0.25) is 0 Å². The zero-order chi connectivity index (χ0) is 13.4. The van der Waals surface area contributed by atoms with E-state index < -0.39 is 18.6 Å². The maximum Gasteiger partial charge on any atom is 0.390 e. The van der Waals surface area contributed by atoms with Gasteiger partial charge in [-0.15, -0.1) is 0 Å². The molecule has 1 unspecified atom stereocenters. The van der Waals surface area contributed by atoms with Crippen LogP contribution in [0.25, 0.3) is 0 Å². The van der Waals surface area contributed by atoms with Crippen LogP contribution in [0.4, 0.5) is 13.2 Å². The zero-order valence-electron chi connectivity index (χ0n) is 10.6. The van der Waals surface area contributed by atoms with Crippen LogP contribution in [0, 0.1) is 0 Å². The van der Waals surface area contributed by atoms with Gasteiger partial charge in [-0.1, -0.05) is 30.3 Å². The summed E-state index contributed by atoms with van der Waals surface area (Å²) >= 11 is 0. The van der Waals surface area contributed by atoms with Gasteiger partial charge in [0, 0.05) is 6.04 Å². The van der Waals surface area contributed by atoms with Gasteiger partial charge >= 0.3 is 6.18 Å². The topological polar surface area (TPSA) is 12.0 Å². The minimum absolute atomic E-state index is 0.498. The van der Waals surface area contributed by atoms with Crippen LogP contribution in [0.5, 0.6) is 0 Å². The highest BCUT2D eigenvalue weighted by Crippen LogP contribution is 2.21. The van der Waals surface area contributed by atoms with Crippen molar-refractivity contribution in [3.05, 3.63) is 35.9 Å². The van der Waals surface area contributed by atoms with Crippen molar-refractivity contribution in [3.63, 3.8) is 0 Å². The Morgan fingerprint density at radius 2 is 1.78 bits per heavy atom. The lowest BCUT2D eigenvalue weighted by molar-refractivity contribution is -0.139. The summed E-state index contributed by atoms with van der Waals surface area (Å²) in [4.78, 5) is 0. The highest BCUT2D eigenvalue weighted by Gasteiger charge is 2.29. The van der Waals surface area contributed by atoms with Gasteiger partial charge in [-0.25, -0.2) is 0 Å². The van der Waals surface area contributed by atoms with Crippen molar-refractivity contribution < 1.29 is 13.2 Å². The van der Waals surface area contributed by atoms with E-state index in [1.807, 2.05) is 18.2 Å². The van der Waals surface area contributed by atoms with Gasteiger partial charge in [0.2, 0.25) is 0 Å². The number of aryl methyl sites for hydroxylation is 1. The standard InChI is InChI=1S/C14H20F3N/c1-12(11-14(15,16)17)18-10-6-5-9-13-7-3-2-4-8-13/h2-4,7-8,12,18H,5-6,9-11H2,1H3. The Morgan fingerprint density at radius 1 is 1.11 bits per heavy atom. The quantitative estimate of drug-likeness (QED) is 0.731. The van der Waals surface area contributed by atoms with Crippen molar-refractivity contribution in [2.45, 2.75) is 44.8 Å². The van der Waals surface area contributed by atoms with Crippen molar-refractivity contribution in [2.24, 2.45) is 0 Å².